The van der Waals surface area contributed by atoms with E-state index in [4.69, 9.17) is 9.47 Å². The van der Waals surface area contributed by atoms with Crippen LogP contribution >= 0.6 is 11.3 Å². The van der Waals surface area contributed by atoms with Gasteiger partial charge in [-0.3, -0.25) is 0 Å². The van der Waals surface area contributed by atoms with Gasteiger partial charge >= 0.3 is 0 Å². The molecule has 0 saturated heterocycles. The van der Waals surface area contributed by atoms with Gasteiger partial charge in [-0.25, -0.2) is 0 Å². The molecule has 0 atom stereocenters. The lowest BCUT2D eigenvalue weighted by Gasteiger charge is -2.13. The second kappa shape index (κ2) is 5.60. The first-order valence-corrected chi connectivity index (χ1v) is 8.26. The Hall–Kier alpha value is -2.52. The van der Waals surface area contributed by atoms with Gasteiger partial charge in [0.15, 0.2) is 0 Å². The monoisotopic (exact) mass is 320 g/mol. The Balaban J connectivity index is 2.11. The van der Waals surface area contributed by atoms with Gasteiger partial charge in [0.25, 0.3) is 0 Å². The third-order valence-corrected chi connectivity index (χ3v) is 5.32. The third-order valence-electron chi connectivity index (χ3n) is 4.10. The lowest BCUT2D eigenvalue weighted by atomic mass is 10.0. The fourth-order valence-corrected chi connectivity index (χ4v) is 4.28. The van der Waals surface area contributed by atoms with Crippen molar-refractivity contribution in [3.8, 4) is 22.6 Å². The molecule has 0 unspecified atom stereocenters. The predicted molar refractivity (Wildman–Crippen MR) is 97.9 cm³/mol. The highest BCUT2D eigenvalue weighted by Gasteiger charge is 2.17. The zero-order valence-corrected chi connectivity index (χ0v) is 13.8. The molecule has 0 N–H and O–H groups in total. The second-order valence-electron chi connectivity index (χ2n) is 5.32. The number of ether oxygens (including phenoxy) is 2. The number of methoxy groups -OCH3 is 2. The Kier molecular flexibility index (Phi) is 3.43. The summed E-state index contributed by atoms with van der Waals surface area (Å²) < 4.78 is 13.7. The highest BCUT2D eigenvalue weighted by atomic mass is 32.1. The van der Waals surface area contributed by atoms with Crippen LogP contribution in [-0.4, -0.2) is 14.2 Å². The molecule has 4 rings (SSSR count). The number of hydrogen-bond acceptors (Lipinski definition) is 3. The van der Waals surface area contributed by atoms with E-state index in [1.54, 1.807) is 14.2 Å². The van der Waals surface area contributed by atoms with Crippen LogP contribution in [0.1, 0.15) is 0 Å². The zero-order chi connectivity index (χ0) is 15.8. The van der Waals surface area contributed by atoms with E-state index in [-0.39, 0.29) is 0 Å². The topological polar surface area (TPSA) is 18.5 Å². The van der Waals surface area contributed by atoms with Crippen molar-refractivity contribution in [3.63, 3.8) is 0 Å². The first kappa shape index (κ1) is 14.1. The molecule has 0 aliphatic heterocycles. The summed E-state index contributed by atoms with van der Waals surface area (Å²) in [6.07, 6.45) is 0. The van der Waals surface area contributed by atoms with Gasteiger partial charge in [0, 0.05) is 25.7 Å². The van der Waals surface area contributed by atoms with E-state index in [1.165, 1.54) is 20.2 Å². The lowest BCUT2D eigenvalue weighted by Crippen LogP contribution is -1.92. The maximum Gasteiger partial charge on any atom is 0.130 e. The molecule has 0 fully saturated rings. The van der Waals surface area contributed by atoms with Crippen molar-refractivity contribution in [2.24, 2.45) is 0 Å². The molecule has 0 bridgehead atoms. The first-order chi connectivity index (χ1) is 11.3. The van der Waals surface area contributed by atoms with Gasteiger partial charge in [-0.15, -0.1) is 11.3 Å². The van der Waals surface area contributed by atoms with Crippen LogP contribution in [0.4, 0.5) is 0 Å². The molecule has 23 heavy (non-hydrogen) atoms. The molecule has 3 heteroatoms. The largest absolute Gasteiger partial charge is 0.496 e. The molecule has 1 aromatic heterocycles. The van der Waals surface area contributed by atoms with Gasteiger partial charge in [0.1, 0.15) is 11.5 Å². The fourth-order valence-electron chi connectivity index (χ4n) is 3.06. The standard InChI is InChI=1S/C20H16O2S/c1-21-16-10-6-11-17(22-2)19(16)15-9-5-8-14-13-7-3-4-12-18(13)23-20(14)15/h3-12H,1-2H3. The van der Waals surface area contributed by atoms with Gasteiger partial charge in [0.05, 0.1) is 19.8 Å². The smallest absolute Gasteiger partial charge is 0.130 e. The van der Waals surface area contributed by atoms with E-state index < -0.39 is 0 Å². The molecular formula is C20H16O2S. The molecule has 0 saturated carbocycles. The Labute approximate surface area is 138 Å². The van der Waals surface area contributed by atoms with Crippen molar-refractivity contribution in [3.05, 3.63) is 60.7 Å². The summed E-state index contributed by atoms with van der Waals surface area (Å²) in [4.78, 5) is 0. The summed E-state index contributed by atoms with van der Waals surface area (Å²) >= 11 is 1.81. The molecule has 4 aromatic rings. The molecule has 114 valence electrons. The fraction of sp³-hybridized carbons (Fsp3) is 0.100. The van der Waals surface area contributed by atoms with Crippen LogP contribution in [0, 0.1) is 0 Å². The summed E-state index contributed by atoms with van der Waals surface area (Å²) in [7, 11) is 3.40. The Morgan fingerprint density at radius 3 is 2.09 bits per heavy atom. The minimum atomic E-state index is 0.828. The van der Waals surface area contributed by atoms with Crippen LogP contribution in [0.2, 0.25) is 0 Å². The van der Waals surface area contributed by atoms with E-state index in [2.05, 4.69) is 42.5 Å². The molecule has 2 nitrogen and oxygen atoms in total. The number of benzene rings is 3. The van der Waals surface area contributed by atoms with E-state index in [1.807, 2.05) is 29.5 Å². The highest BCUT2D eigenvalue weighted by molar-refractivity contribution is 7.26. The number of rotatable bonds is 3. The zero-order valence-electron chi connectivity index (χ0n) is 13.0. The van der Waals surface area contributed by atoms with Crippen LogP contribution < -0.4 is 9.47 Å². The Morgan fingerprint density at radius 2 is 1.35 bits per heavy atom. The maximum atomic E-state index is 5.59. The number of fused-ring (bicyclic) bond motifs is 3. The number of thiophene rings is 1. The molecule has 0 radical (unpaired) electrons. The number of hydrogen-bond donors (Lipinski definition) is 0. The van der Waals surface area contributed by atoms with Crippen LogP contribution in [-0.2, 0) is 0 Å². The van der Waals surface area contributed by atoms with Crippen LogP contribution in [0.5, 0.6) is 11.5 Å². The van der Waals surface area contributed by atoms with E-state index in [0.717, 1.165) is 22.6 Å². The van der Waals surface area contributed by atoms with Gasteiger partial charge in [0.2, 0.25) is 0 Å². The predicted octanol–water partition coefficient (Wildman–Crippen LogP) is 5.74. The normalized spacial score (nSPS) is 11.0. The summed E-state index contributed by atoms with van der Waals surface area (Å²) in [6.45, 7) is 0. The van der Waals surface area contributed by atoms with Crippen molar-refractivity contribution in [2.45, 2.75) is 0 Å². The summed E-state index contributed by atoms with van der Waals surface area (Å²) in [6, 6.07) is 20.8. The van der Waals surface area contributed by atoms with Crippen LogP contribution in [0.3, 0.4) is 0 Å². The van der Waals surface area contributed by atoms with Crippen molar-refractivity contribution in [2.75, 3.05) is 14.2 Å². The van der Waals surface area contributed by atoms with E-state index in [0.29, 0.717) is 0 Å². The van der Waals surface area contributed by atoms with Crippen molar-refractivity contribution >= 4 is 31.5 Å². The summed E-state index contributed by atoms with van der Waals surface area (Å²) in [5.41, 5.74) is 2.16. The molecule has 3 aromatic carbocycles. The first-order valence-electron chi connectivity index (χ1n) is 7.45. The average molecular weight is 320 g/mol. The molecule has 0 amide bonds. The van der Waals surface area contributed by atoms with Crippen LogP contribution in [0.25, 0.3) is 31.3 Å². The second-order valence-corrected chi connectivity index (χ2v) is 6.37. The lowest BCUT2D eigenvalue weighted by molar-refractivity contribution is 0.397. The van der Waals surface area contributed by atoms with Crippen LogP contribution in [0.15, 0.2) is 60.7 Å². The minimum Gasteiger partial charge on any atom is -0.496 e. The van der Waals surface area contributed by atoms with Crippen molar-refractivity contribution < 1.29 is 9.47 Å². The molecule has 0 aliphatic rings. The Morgan fingerprint density at radius 1 is 0.696 bits per heavy atom. The average Bonchev–Trinajstić information content (AvgIpc) is 2.99. The van der Waals surface area contributed by atoms with Crippen molar-refractivity contribution in [1.29, 1.82) is 0 Å². The SMILES string of the molecule is COc1cccc(OC)c1-c1cccc2c1sc1ccccc12. The quantitative estimate of drug-likeness (QED) is 0.479. The molecule has 0 spiro atoms. The van der Waals surface area contributed by atoms with E-state index >= 15 is 0 Å². The third kappa shape index (κ3) is 2.16. The summed E-state index contributed by atoms with van der Waals surface area (Å²) in [5.74, 6) is 1.66. The molecule has 1 heterocycles. The van der Waals surface area contributed by atoms with Gasteiger partial charge < -0.3 is 9.47 Å². The molecule has 0 aliphatic carbocycles. The van der Waals surface area contributed by atoms with Gasteiger partial charge in [-0.2, -0.15) is 0 Å². The van der Waals surface area contributed by atoms with Gasteiger partial charge in [-0.1, -0.05) is 42.5 Å². The van der Waals surface area contributed by atoms with Crippen molar-refractivity contribution in [1.82, 2.24) is 0 Å². The van der Waals surface area contributed by atoms with Gasteiger partial charge in [-0.05, 0) is 18.2 Å². The summed E-state index contributed by atoms with van der Waals surface area (Å²) in [5, 5.41) is 2.57. The highest BCUT2D eigenvalue weighted by Crippen LogP contribution is 2.45. The maximum absolute atomic E-state index is 5.59. The molecular weight excluding hydrogens is 304 g/mol. The Bertz CT molecular complexity index is 979. The van der Waals surface area contributed by atoms with E-state index in [9.17, 15) is 0 Å². The minimum absolute atomic E-state index is 0.828.